The van der Waals surface area contributed by atoms with E-state index in [0.29, 0.717) is 0 Å². The molecule has 5 heteroatoms. The summed E-state index contributed by atoms with van der Waals surface area (Å²) in [6, 6.07) is 0. The van der Waals surface area contributed by atoms with Gasteiger partial charge in [0, 0.05) is 0 Å². The Bertz CT molecular complexity index is 46.8. The van der Waals surface area contributed by atoms with E-state index in [9.17, 15) is 4.79 Å². The van der Waals surface area contributed by atoms with Crippen LogP contribution in [0.2, 0.25) is 0 Å². The topological polar surface area (TPSA) is 35.5 Å². The molecule has 6 heavy (non-hydrogen) atoms. The van der Waals surface area contributed by atoms with E-state index < -0.39 is 6.16 Å². The molecule has 0 aliphatic carbocycles. The van der Waals surface area contributed by atoms with Crippen LogP contribution in [-0.4, -0.2) is 6.16 Å². The van der Waals surface area contributed by atoms with E-state index in [1.54, 1.807) is 0 Å². The summed E-state index contributed by atoms with van der Waals surface area (Å²) in [6.45, 7) is 0. The molecule has 0 bridgehead atoms. The van der Waals surface area contributed by atoms with Gasteiger partial charge in [-0.05, 0) is 0 Å². The van der Waals surface area contributed by atoms with Crippen molar-refractivity contribution in [3.8, 4) is 0 Å². The van der Waals surface area contributed by atoms with Crippen molar-refractivity contribution in [1.29, 1.82) is 0 Å². The van der Waals surface area contributed by atoms with E-state index in [0.717, 1.165) is 0 Å². The average Bonchev–Trinajstić information content (AvgIpc) is 1.65. The van der Waals surface area contributed by atoms with Gasteiger partial charge in [0.25, 0.3) is 0 Å². The molecule has 0 atom stereocenters. The zero-order valence-electron chi connectivity index (χ0n) is 2.54. The second-order valence-corrected chi connectivity index (χ2v) is 1.24. The standard InChI is InChI=1S/CH2O3.2Mo/c2-1(3)4;;/h(H2,2,3,4);;/q;2*+1/p-2. The Kier molecular flexibility index (Phi) is 4.24. The minimum atomic E-state index is -0.649. The Labute approximate surface area is 58.1 Å². The van der Waals surface area contributed by atoms with E-state index >= 15 is 0 Å². The maximum absolute atomic E-state index is 9.74. The van der Waals surface area contributed by atoms with Gasteiger partial charge in [0.15, 0.2) is 0 Å². The molecule has 0 saturated heterocycles. The van der Waals surface area contributed by atoms with Gasteiger partial charge in [-0.15, -0.1) is 0 Å². The van der Waals surface area contributed by atoms with Crippen LogP contribution in [0.5, 0.6) is 0 Å². The van der Waals surface area contributed by atoms with E-state index in [1.165, 1.54) is 40.4 Å². The van der Waals surface area contributed by atoms with Crippen LogP contribution >= 0.6 is 0 Å². The van der Waals surface area contributed by atoms with Gasteiger partial charge >= 0.3 is 58.1 Å². The molecule has 0 aromatic rings. The summed E-state index contributed by atoms with van der Waals surface area (Å²) in [4.78, 5) is 9.74. The van der Waals surface area contributed by atoms with Crippen LogP contribution in [0.4, 0.5) is 4.79 Å². The van der Waals surface area contributed by atoms with Crippen LogP contribution in [0, 0.1) is 0 Å². The summed E-state index contributed by atoms with van der Waals surface area (Å²) in [5.41, 5.74) is 0. The second-order valence-electron chi connectivity index (χ2n) is 0.417. The molecule has 0 amide bonds. The molecule has 0 rings (SSSR count). The first-order valence-corrected chi connectivity index (χ1v) is 2.58. The molecule has 0 N–H and O–H groups in total. The van der Waals surface area contributed by atoms with Gasteiger partial charge in [0.1, 0.15) is 0 Å². The molecule has 0 aliphatic heterocycles. The summed E-state index contributed by atoms with van der Waals surface area (Å²) in [6.07, 6.45) is -0.649. The fourth-order valence-corrected chi connectivity index (χ4v) is 0.486. The number of rotatable bonds is 0. The fraction of sp³-hybridized carbons (Fsp3) is 0. The van der Waals surface area contributed by atoms with E-state index in [2.05, 4.69) is 6.78 Å². The number of carbonyl (C=O) groups excluding carboxylic acids is 1. The molecule has 0 unspecified atom stereocenters. The molecule has 0 aliphatic rings. The Morgan fingerprint density at radius 1 is 1.33 bits per heavy atom. The molecular weight excluding hydrogens is 252 g/mol. The van der Waals surface area contributed by atoms with E-state index in [4.69, 9.17) is 0 Å². The molecule has 0 aromatic carbocycles. The van der Waals surface area contributed by atoms with Gasteiger partial charge in [-0.2, -0.15) is 0 Å². The Hall–Kier alpha value is 0.647. The van der Waals surface area contributed by atoms with Crippen molar-refractivity contribution in [3.63, 3.8) is 0 Å². The van der Waals surface area contributed by atoms with Crippen molar-refractivity contribution >= 4 is 6.16 Å². The first-order chi connectivity index (χ1) is 2.81. The normalized spacial score (nSPS) is 6.67. The van der Waals surface area contributed by atoms with Crippen molar-refractivity contribution < 1.29 is 52.0 Å². The molecule has 0 radical (unpaired) electrons. The zero-order valence-corrected chi connectivity index (χ0v) is 6.56. The third kappa shape index (κ3) is 2.86. The number of carbonyl (C=O) groups is 1. The Morgan fingerprint density at radius 3 is 1.67 bits per heavy atom. The Balaban J connectivity index is 2.99. The maximum atomic E-state index is 9.74. The van der Waals surface area contributed by atoms with Crippen LogP contribution in [0.15, 0.2) is 0 Å². The van der Waals surface area contributed by atoms with Crippen LogP contribution < -0.4 is 0 Å². The zero-order chi connectivity index (χ0) is 4.99. The van der Waals surface area contributed by atoms with Gasteiger partial charge in [-0.25, -0.2) is 0 Å². The van der Waals surface area contributed by atoms with Gasteiger partial charge < -0.3 is 0 Å². The van der Waals surface area contributed by atoms with E-state index in [-0.39, 0.29) is 0 Å². The molecule has 0 saturated carbocycles. The van der Waals surface area contributed by atoms with Crippen molar-refractivity contribution in [3.05, 3.63) is 0 Å². The average molecular weight is 252 g/mol. The predicted molar refractivity (Wildman–Crippen MR) is 7.57 cm³/mol. The fourth-order valence-electron chi connectivity index (χ4n) is 0.0139. The van der Waals surface area contributed by atoms with Gasteiger partial charge in [0.05, 0.1) is 0 Å². The molecular formula is CMo2O3. The van der Waals surface area contributed by atoms with Crippen LogP contribution in [0.1, 0.15) is 0 Å². The van der Waals surface area contributed by atoms with Crippen molar-refractivity contribution in [2.24, 2.45) is 0 Å². The van der Waals surface area contributed by atoms with Crippen molar-refractivity contribution in [2.75, 3.05) is 0 Å². The second kappa shape index (κ2) is 3.82. The van der Waals surface area contributed by atoms with E-state index in [1.807, 2.05) is 0 Å². The van der Waals surface area contributed by atoms with Gasteiger partial charge in [0.2, 0.25) is 0 Å². The molecule has 0 aromatic heterocycles. The quantitative estimate of drug-likeness (QED) is 0.572. The molecule has 3 nitrogen and oxygen atoms in total. The molecule has 0 spiro atoms. The monoisotopic (exact) mass is 256 g/mol. The summed E-state index contributed by atoms with van der Waals surface area (Å²) in [5, 5.41) is 0. The summed E-state index contributed by atoms with van der Waals surface area (Å²) >= 11 is 2.39. The third-order valence-electron chi connectivity index (χ3n) is 0.136. The molecule has 0 fully saturated rings. The summed E-state index contributed by atoms with van der Waals surface area (Å²) < 4.78 is 8.10. The summed E-state index contributed by atoms with van der Waals surface area (Å²) in [5.74, 6) is 0. The van der Waals surface area contributed by atoms with Crippen LogP contribution in [0.25, 0.3) is 0 Å². The van der Waals surface area contributed by atoms with Crippen molar-refractivity contribution in [1.82, 2.24) is 0 Å². The van der Waals surface area contributed by atoms with Crippen LogP contribution in [-0.2, 0) is 47.2 Å². The first kappa shape index (κ1) is 6.65. The van der Waals surface area contributed by atoms with Gasteiger partial charge in [-0.3, -0.25) is 0 Å². The SMILES string of the molecule is O=C([O][Mo])[O][Mo]. The minimum absolute atomic E-state index is 0.649. The molecule has 34 valence electrons. The van der Waals surface area contributed by atoms with Gasteiger partial charge in [-0.1, -0.05) is 0 Å². The third-order valence-corrected chi connectivity index (χ3v) is 0.805. The van der Waals surface area contributed by atoms with Crippen molar-refractivity contribution in [2.45, 2.75) is 0 Å². The summed E-state index contributed by atoms with van der Waals surface area (Å²) in [7, 11) is 0. The van der Waals surface area contributed by atoms with Crippen LogP contribution in [0.3, 0.4) is 0 Å². The first-order valence-electron chi connectivity index (χ1n) is 0.946. The number of hydrogen-bond acceptors (Lipinski definition) is 3. The Morgan fingerprint density at radius 2 is 1.67 bits per heavy atom. The molecule has 0 heterocycles. The predicted octanol–water partition coefficient (Wildman–Crippen LogP) is 0.0632. The number of hydrogen-bond donors (Lipinski definition) is 0.